The fourth-order valence-corrected chi connectivity index (χ4v) is 2.57. The summed E-state index contributed by atoms with van der Waals surface area (Å²) < 4.78 is 42.2. The summed E-state index contributed by atoms with van der Waals surface area (Å²) in [7, 11) is 0. The van der Waals surface area contributed by atoms with Crippen LogP contribution in [0, 0.1) is 12.1 Å². The van der Waals surface area contributed by atoms with Gasteiger partial charge in [0, 0.05) is 24.3 Å². The van der Waals surface area contributed by atoms with Crippen molar-refractivity contribution in [2.45, 2.75) is 19.1 Å². The van der Waals surface area contributed by atoms with E-state index in [9.17, 15) is 18.0 Å². The molecule has 1 aliphatic rings. The minimum atomic E-state index is -4.85. The van der Waals surface area contributed by atoms with E-state index in [0.29, 0.717) is 19.7 Å². The van der Waals surface area contributed by atoms with E-state index < -0.39 is 12.1 Å². The lowest BCUT2D eigenvalue weighted by molar-refractivity contribution is -0.173. The second-order valence-electron chi connectivity index (χ2n) is 5.61. The maximum Gasteiger partial charge on any atom is 0.471 e. The van der Waals surface area contributed by atoms with Gasteiger partial charge in [0.05, 0.1) is 0 Å². The molecule has 2 aromatic rings. The van der Waals surface area contributed by atoms with Crippen molar-refractivity contribution in [1.29, 1.82) is 0 Å². The number of amides is 1. The SMILES string of the molecule is O=C(NCCc1ccc2c(c1)CN(c1c[c][c]cc1)CO2)C(F)(F)F. The highest BCUT2D eigenvalue weighted by molar-refractivity contribution is 5.81. The molecule has 130 valence electrons. The van der Waals surface area contributed by atoms with E-state index in [1.807, 2.05) is 28.4 Å². The molecule has 3 rings (SSSR count). The third kappa shape index (κ3) is 4.23. The van der Waals surface area contributed by atoms with Crippen LogP contribution in [0.5, 0.6) is 5.75 Å². The highest BCUT2D eigenvalue weighted by Gasteiger charge is 2.38. The predicted octanol–water partition coefficient (Wildman–Crippen LogP) is 2.86. The van der Waals surface area contributed by atoms with Crippen LogP contribution in [0.2, 0.25) is 0 Å². The van der Waals surface area contributed by atoms with Gasteiger partial charge in [-0.1, -0.05) is 18.2 Å². The molecule has 0 saturated heterocycles. The summed E-state index contributed by atoms with van der Waals surface area (Å²) in [4.78, 5) is 12.8. The first kappa shape index (κ1) is 17.1. The van der Waals surface area contributed by atoms with Gasteiger partial charge in [0.2, 0.25) is 0 Å². The first-order valence-corrected chi connectivity index (χ1v) is 7.66. The molecule has 0 bridgehead atoms. The molecule has 1 amide bonds. The minimum Gasteiger partial charge on any atom is -0.473 e. The molecule has 0 spiro atoms. The zero-order chi connectivity index (χ0) is 17.9. The van der Waals surface area contributed by atoms with Crippen molar-refractivity contribution >= 4 is 11.6 Å². The molecule has 0 unspecified atom stereocenters. The molecular formula is C18H15F3N2O2. The molecule has 0 saturated carbocycles. The van der Waals surface area contributed by atoms with E-state index in [-0.39, 0.29) is 6.54 Å². The van der Waals surface area contributed by atoms with Crippen LogP contribution >= 0.6 is 0 Å². The molecule has 1 N–H and O–H groups in total. The number of benzene rings is 2. The zero-order valence-corrected chi connectivity index (χ0v) is 13.2. The molecule has 0 aromatic heterocycles. The average molecular weight is 348 g/mol. The first-order valence-electron chi connectivity index (χ1n) is 7.66. The summed E-state index contributed by atoms with van der Waals surface area (Å²) in [5, 5.41) is 1.87. The molecule has 1 aliphatic heterocycles. The molecule has 25 heavy (non-hydrogen) atoms. The van der Waals surface area contributed by atoms with Crippen molar-refractivity contribution in [3.05, 3.63) is 59.7 Å². The normalized spacial score (nSPS) is 13.8. The van der Waals surface area contributed by atoms with E-state index in [0.717, 1.165) is 22.6 Å². The van der Waals surface area contributed by atoms with Crippen molar-refractivity contribution in [2.75, 3.05) is 18.2 Å². The number of alkyl halides is 3. The second-order valence-corrected chi connectivity index (χ2v) is 5.61. The van der Waals surface area contributed by atoms with Crippen LogP contribution in [-0.2, 0) is 17.8 Å². The van der Waals surface area contributed by atoms with Crippen LogP contribution in [0.4, 0.5) is 18.9 Å². The van der Waals surface area contributed by atoms with E-state index in [1.165, 1.54) is 0 Å². The molecule has 4 nitrogen and oxygen atoms in total. The van der Waals surface area contributed by atoms with Gasteiger partial charge in [0.25, 0.3) is 0 Å². The van der Waals surface area contributed by atoms with Crippen LogP contribution < -0.4 is 15.0 Å². The number of nitrogens with one attached hydrogen (secondary N) is 1. The Kier molecular flexibility index (Phi) is 4.83. The van der Waals surface area contributed by atoms with E-state index in [4.69, 9.17) is 4.74 Å². The van der Waals surface area contributed by atoms with Crippen LogP contribution in [0.1, 0.15) is 11.1 Å². The van der Waals surface area contributed by atoms with Crippen LogP contribution in [-0.4, -0.2) is 25.4 Å². The first-order chi connectivity index (χ1) is 11.9. The number of nitrogens with zero attached hydrogens (tertiary/aromatic N) is 1. The van der Waals surface area contributed by atoms with Crippen LogP contribution in [0.25, 0.3) is 0 Å². The third-order valence-electron chi connectivity index (χ3n) is 3.82. The highest BCUT2D eigenvalue weighted by atomic mass is 19.4. The Bertz CT molecular complexity index is 748. The monoisotopic (exact) mass is 348 g/mol. The number of carbonyl (C=O) groups is 1. The van der Waals surface area contributed by atoms with Crippen molar-refractivity contribution < 1.29 is 22.7 Å². The predicted molar refractivity (Wildman–Crippen MR) is 85.0 cm³/mol. The number of carbonyl (C=O) groups excluding carboxylic acids is 1. The molecule has 0 aliphatic carbocycles. The van der Waals surface area contributed by atoms with Gasteiger partial charge in [-0.25, -0.2) is 0 Å². The highest BCUT2D eigenvalue weighted by Crippen LogP contribution is 2.29. The van der Waals surface area contributed by atoms with Crippen molar-refractivity contribution in [3.8, 4) is 5.75 Å². The molecule has 2 aromatic carbocycles. The summed E-state index contributed by atoms with van der Waals surface area (Å²) >= 11 is 0. The fourth-order valence-electron chi connectivity index (χ4n) is 2.57. The minimum absolute atomic E-state index is 0.0782. The van der Waals surface area contributed by atoms with Crippen molar-refractivity contribution in [3.63, 3.8) is 0 Å². The van der Waals surface area contributed by atoms with Crippen LogP contribution in [0.3, 0.4) is 0 Å². The Morgan fingerprint density at radius 2 is 2.12 bits per heavy atom. The van der Waals surface area contributed by atoms with E-state index in [1.54, 1.807) is 18.2 Å². The number of hydrogen-bond donors (Lipinski definition) is 1. The van der Waals surface area contributed by atoms with Gasteiger partial charge in [-0.15, -0.1) is 0 Å². The number of ether oxygens (including phenoxy) is 1. The van der Waals surface area contributed by atoms with Gasteiger partial charge in [-0.2, -0.15) is 13.2 Å². The lowest BCUT2D eigenvalue weighted by Gasteiger charge is -2.31. The summed E-state index contributed by atoms with van der Waals surface area (Å²) in [6, 6.07) is 16.7. The number of anilines is 1. The number of halogens is 3. The summed E-state index contributed by atoms with van der Waals surface area (Å²) in [6.07, 6.45) is -4.54. The Hall–Kier alpha value is -2.70. The quantitative estimate of drug-likeness (QED) is 0.924. The Balaban J connectivity index is 1.63. The second kappa shape index (κ2) is 7.04. The molecule has 7 heteroatoms. The molecule has 0 fully saturated rings. The Labute approximate surface area is 143 Å². The summed E-state index contributed by atoms with van der Waals surface area (Å²) in [5.74, 6) is -1.16. The number of fused-ring (bicyclic) bond motifs is 1. The van der Waals surface area contributed by atoms with Gasteiger partial charge in [-0.3, -0.25) is 4.79 Å². The van der Waals surface area contributed by atoms with E-state index >= 15 is 0 Å². The average Bonchev–Trinajstić information content (AvgIpc) is 2.61. The van der Waals surface area contributed by atoms with Gasteiger partial charge < -0.3 is 15.0 Å². The van der Waals surface area contributed by atoms with Gasteiger partial charge in [0.15, 0.2) is 6.73 Å². The van der Waals surface area contributed by atoms with Crippen molar-refractivity contribution in [2.24, 2.45) is 0 Å². The largest absolute Gasteiger partial charge is 0.473 e. The standard InChI is InChI=1S/C18H15F3N2O2/c19-18(20,21)17(24)22-9-8-13-6-7-16-14(10-13)11-23(12-25-16)15-4-2-1-3-5-15/h2,4-7,10H,8-9,11-12H2,(H,22,24). The van der Waals surface area contributed by atoms with E-state index in [2.05, 4.69) is 12.1 Å². The van der Waals surface area contributed by atoms with Gasteiger partial charge in [-0.05, 0) is 42.3 Å². The summed E-state index contributed by atoms with van der Waals surface area (Å²) in [6.45, 7) is 0.951. The molecule has 0 atom stereocenters. The number of rotatable bonds is 4. The molecular weight excluding hydrogens is 333 g/mol. The Morgan fingerprint density at radius 3 is 2.84 bits per heavy atom. The Morgan fingerprint density at radius 1 is 1.28 bits per heavy atom. The maximum atomic E-state index is 12.2. The fraction of sp³-hybridized carbons (Fsp3) is 0.278. The lowest BCUT2D eigenvalue weighted by Crippen LogP contribution is -2.37. The van der Waals surface area contributed by atoms with Gasteiger partial charge >= 0.3 is 12.1 Å². The topological polar surface area (TPSA) is 41.6 Å². The van der Waals surface area contributed by atoms with Crippen molar-refractivity contribution in [1.82, 2.24) is 5.32 Å². The maximum absolute atomic E-state index is 12.2. The smallest absolute Gasteiger partial charge is 0.471 e. The zero-order valence-electron chi connectivity index (χ0n) is 13.2. The summed E-state index contributed by atoms with van der Waals surface area (Å²) in [5.41, 5.74) is 2.73. The lowest BCUT2D eigenvalue weighted by atomic mass is 10.1. The van der Waals surface area contributed by atoms with Gasteiger partial charge in [0.1, 0.15) is 5.75 Å². The molecule has 1 heterocycles. The molecule has 2 radical (unpaired) electrons. The number of hydrogen-bond acceptors (Lipinski definition) is 3. The van der Waals surface area contributed by atoms with Crippen LogP contribution in [0.15, 0.2) is 36.4 Å². The third-order valence-corrected chi connectivity index (χ3v) is 3.82.